The van der Waals surface area contributed by atoms with E-state index in [4.69, 9.17) is 4.98 Å². The van der Waals surface area contributed by atoms with E-state index >= 15 is 0 Å². The predicted molar refractivity (Wildman–Crippen MR) is 122 cm³/mol. The molecular weight excluding hydrogens is 407 g/mol. The number of aromatic nitrogens is 4. The Balaban J connectivity index is 1.44. The van der Waals surface area contributed by atoms with Gasteiger partial charge in [-0.15, -0.1) is 0 Å². The Morgan fingerprint density at radius 3 is 2.59 bits per heavy atom. The average Bonchev–Trinajstić information content (AvgIpc) is 3.18. The molecular formula is C24H29FN6O. The Labute approximate surface area is 187 Å². The van der Waals surface area contributed by atoms with Gasteiger partial charge in [-0.25, -0.2) is 14.4 Å². The standard InChI is InChI=1S/C24H29FN6O/c1-15-21-22(30(5)16(2)23(32)29-21)28-20(27-15)11-6-17-12-26-31(13-17)14-24(3,4)18-7-9-19(25)10-8-18/h7-10,12-13,16H,6,11,14H2,1-5H3,(H,29,32)/t16-/m0/s1. The highest BCUT2D eigenvalue weighted by Gasteiger charge is 2.30. The minimum atomic E-state index is -0.271. The average molecular weight is 437 g/mol. The highest BCUT2D eigenvalue weighted by Crippen LogP contribution is 2.31. The third kappa shape index (κ3) is 4.35. The fourth-order valence-electron chi connectivity index (χ4n) is 3.99. The molecule has 0 radical (unpaired) electrons. The summed E-state index contributed by atoms with van der Waals surface area (Å²) in [5, 5.41) is 7.43. The van der Waals surface area contributed by atoms with Crippen molar-refractivity contribution < 1.29 is 9.18 Å². The second-order valence-electron chi connectivity index (χ2n) is 9.14. The highest BCUT2D eigenvalue weighted by atomic mass is 19.1. The maximum atomic E-state index is 13.3. The molecule has 2 aromatic heterocycles. The molecule has 3 aromatic rings. The molecule has 1 atom stereocenters. The normalized spacial score (nSPS) is 16.1. The van der Waals surface area contributed by atoms with Crippen molar-refractivity contribution >= 4 is 17.4 Å². The lowest BCUT2D eigenvalue weighted by Crippen LogP contribution is -2.45. The molecule has 1 aromatic carbocycles. The van der Waals surface area contributed by atoms with Crippen LogP contribution in [0.15, 0.2) is 36.7 Å². The number of carbonyl (C=O) groups is 1. The number of likely N-dealkylation sites (N-methyl/N-ethyl adjacent to an activating group) is 1. The van der Waals surface area contributed by atoms with Crippen LogP contribution in [0.25, 0.3) is 0 Å². The largest absolute Gasteiger partial charge is 0.346 e. The van der Waals surface area contributed by atoms with Gasteiger partial charge in [0.15, 0.2) is 5.82 Å². The van der Waals surface area contributed by atoms with Gasteiger partial charge in [-0.3, -0.25) is 9.48 Å². The fraction of sp³-hybridized carbons (Fsp3) is 0.417. The van der Waals surface area contributed by atoms with Gasteiger partial charge in [0.25, 0.3) is 0 Å². The van der Waals surface area contributed by atoms with Gasteiger partial charge in [0.05, 0.1) is 18.4 Å². The zero-order valence-corrected chi connectivity index (χ0v) is 19.2. The monoisotopic (exact) mass is 436 g/mol. The molecule has 8 heteroatoms. The molecule has 0 saturated heterocycles. The van der Waals surface area contributed by atoms with Crippen LogP contribution in [0.2, 0.25) is 0 Å². The van der Waals surface area contributed by atoms with Crippen molar-refractivity contribution in [3.05, 3.63) is 65.1 Å². The summed E-state index contributed by atoms with van der Waals surface area (Å²) < 4.78 is 15.2. The summed E-state index contributed by atoms with van der Waals surface area (Å²) >= 11 is 0. The molecule has 0 unspecified atom stereocenters. The molecule has 7 nitrogen and oxygen atoms in total. The second-order valence-corrected chi connectivity index (χ2v) is 9.14. The van der Waals surface area contributed by atoms with Crippen molar-refractivity contribution in [2.45, 2.75) is 58.5 Å². The molecule has 4 rings (SSSR count). The molecule has 1 aliphatic rings. The number of rotatable bonds is 6. The molecule has 0 fully saturated rings. The van der Waals surface area contributed by atoms with E-state index in [0.717, 1.165) is 34.9 Å². The first-order valence-corrected chi connectivity index (χ1v) is 10.8. The fourth-order valence-corrected chi connectivity index (χ4v) is 3.99. The molecule has 1 aliphatic heterocycles. The quantitative estimate of drug-likeness (QED) is 0.638. The minimum absolute atomic E-state index is 0.0459. The number of benzene rings is 1. The van der Waals surface area contributed by atoms with Crippen molar-refractivity contribution in [1.29, 1.82) is 0 Å². The summed E-state index contributed by atoms with van der Waals surface area (Å²) in [6, 6.07) is 6.38. The van der Waals surface area contributed by atoms with Crippen LogP contribution in [-0.4, -0.2) is 38.7 Å². The van der Waals surface area contributed by atoms with Crippen LogP contribution >= 0.6 is 0 Å². The first kappa shape index (κ1) is 21.9. The first-order chi connectivity index (χ1) is 15.1. The highest BCUT2D eigenvalue weighted by molar-refractivity contribution is 6.02. The molecule has 3 heterocycles. The van der Waals surface area contributed by atoms with E-state index < -0.39 is 0 Å². The number of nitrogens with zero attached hydrogens (tertiary/aromatic N) is 5. The summed E-state index contributed by atoms with van der Waals surface area (Å²) in [6.07, 6.45) is 5.36. The van der Waals surface area contributed by atoms with Gasteiger partial charge in [0.2, 0.25) is 5.91 Å². The van der Waals surface area contributed by atoms with E-state index in [-0.39, 0.29) is 23.2 Å². The third-order valence-corrected chi connectivity index (χ3v) is 6.17. The van der Waals surface area contributed by atoms with Crippen molar-refractivity contribution in [2.24, 2.45) is 0 Å². The Morgan fingerprint density at radius 2 is 1.88 bits per heavy atom. The van der Waals surface area contributed by atoms with Crippen molar-refractivity contribution in [3.8, 4) is 0 Å². The van der Waals surface area contributed by atoms with Crippen LogP contribution < -0.4 is 10.2 Å². The summed E-state index contributed by atoms with van der Waals surface area (Å²) in [7, 11) is 1.88. The Hall–Kier alpha value is -3.29. The van der Waals surface area contributed by atoms with Crippen LogP contribution in [0.5, 0.6) is 0 Å². The molecule has 168 valence electrons. The Bertz CT molecular complexity index is 1140. The number of carbonyl (C=O) groups excluding carboxylic acids is 1. The van der Waals surface area contributed by atoms with Gasteiger partial charge in [-0.2, -0.15) is 5.10 Å². The summed E-state index contributed by atoms with van der Waals surface area (Å²) in [5.41, 5.74) is 3.46. The maximum absolute atomic E-state index is 13.3. The van der Waals surface area contributed by atoms with Crippen molar-refractivity contribution in [1.82, 2.24) is 19.7 Å². The van der Waals surface area contributed by atoms with Gasteiger partial charge in [0.1, 0.15) is 23.4 Å². The van der Waals surface area contributed by atoms with Crippen LogP contribution in [0.4, 0.5) is 15.9 Å². The molecule has 0 aliphatic carbocycles. The third-order valence-electron chi connectivity index (χ3n) is 6.17. The molecule has 0 spiro atoms. The SMILES string of the molecule is Cc1nc(CCc2cnn(CC(C)(C)c3ccc(F)cc3)c2)nc2c1NC(=O)[C@H](C)N2C. The van der Waals surface area contributed by atoms with Gasteiger partial charge in [0, 0.05) is 25.1 Å². The number of fused-ring (bicyclic) bond motifs is 1. The summed E-state index contributed by atoms with van der Waals surface area (Å²) in [6.45, 7) is 8.69. The van der Waals surface area contributed by atoms with Gasteiger partial charge >= 0.3 is 0 Å². The number of nitrogens with one attached hydrogen (secondary N) is 1. The van der Waals surface area contributed by atoms with E-state index in [0.29, 0.717) is 18.7 Å². The number of amides is 1. The number of aryl methyl sites for hydroxylation is 3. The van der Waals surface area contributed by atoms with E-state index in [9.17, 15) is 9.18 Å². The van der Waals surface area contributed by atoms with Gasteiger partial charge in [-0.1, -0.05) is 26.0 Å². The van der Waals surface area contributed by atoms with Crippen LogP contribution in [-0.2, 0) is 29.6 Å². The second kappa shape index (κ2) is 8.33. The number of anilines is 2. The van der Waals surface area contributed by atoms with E-state index in [1.807, 2.05) is 55.0 Å². The van der Waals surface area contributed by atoms with Crippen molar-refractivity contribution in [3.63, 3.8) is 0 Å². The van der Waals surface area contributed by atoms with Crippen LogP contribution in [0.1, 0.15) is 43.4 Å². The molecule has 32 heavy (non-hydrogen) atoms. The molecule has 1 N–H and O–H groups in total. The lowest BCUT2D eigenvalue weighted by Gasteiger charge is -2.32. The smallest absolute Gasteiger partial charge is 0.246 e. The zero-order chi connectivity index (χ0) is 23.0. The minimum Gasteiger partial charge on any atom is -0.346 e. The van der Waals surface area contributed by atoms with E-state index in [1.165, 1.54) is 12.1 Å². The number of hydrogen-bond donors (Lipinski definition) is 1. The van der Waals surface area contributed by atoms with Gasteiger partial charge < -0.3 is 10.2 Å². The number of halogens is 1. The van der Waals surface area contributed by atoms with Gasteiger partial charge in [-0.05, 0) is 43.5 Å². The summed E-state index contributed by atoms with van der Waals surface area (Å²) in [5.74, 6) is 1.23. The predicted octanol–water partition coefficient (Wildman–Crippen LogP) is 3.66. The van der Waals surface area contributed by atoms with Crippen LogP contribution in [0, 0.1) is 12.7 Å². The lowest BCUT2D eigenvalue weighted by molar-refractivity contribution is -0.117. The van der Waals surface area contributed by atoms with Crippen molar-refractivity contribution in [2.75, 3.05) is 17.3 Å². The first-order valence-electron chi connectivity index (χ1n) is 10.8. The zero-order valence-electron chi connectivity index (χ0n) is 19.2. The van der Waals surface area contributed by atoms with E-state index in [2.05, 4.69) is 29.2 Å². The Kier molecular flexibility index (Phi) is 5.71. The maximum Gasteiger partial charge on any atom is 0.246 e. The lowest BCUT2D eigenvalue weighted by atomic mass is 9.84. The molecule has 0 saturated carbocycles. The van der Waals surface area contributed by atoms with E-state index in [1.54, 1.807) is 0 Å². The summed E-state index contributed by atoms with van der Waals surface area (Å²) in [4.78, 5) is 23.3. The molecule has 1 amide bonds. The number of hydrogen-bond acceptors (Lipinski definition) is 5. The Morgan fingerprint density at radius 1 is 1.16 bits per heavy atom. The molecule has 0 bridgehead atoms. The topological polar surface area (TPSA) is 75.9 Å². The van der Waals surface area contributed by atoms with Crippen LogP contribution in [0.3, 0.4) is 0 Å².